The van der Waals surface area contributed by atoms with E-state index in [1.165, 1.54) is 15.3 Å². The summed E-state index contributed by atoms with van der Waals surface area (Å²) in [4.78, 5) is 25.9. The number of aliphatic hydroxyl groups excluding tert-OH is 1. The Kier molecular flexibility index (Phi) is 5.67. The lowest BCUT2D eigenvalue weighted by molar-refractivity contribution is -0.116. The monoisotopic (exact) mass is 430 g/mol. The highest BCUT2D eigenvalue weighted by Crippen LogP contribution is 2.25. The lowest BCUT2D eigenvalue weighted by Gasteiger charge is -2.13. The third-order valence-corrected chi connectivity index (χ3v) is 5.60. The van der Waals surface area contributed by atoms with E-state index in [1.54, 1.807) is 6.20 Å². The zero-order valence-corrected chi connectivity index (χ0v) is 18.6. The van der Waals surface area contributed by atoms with Gasteiger partial charge in [0, 0.05) is 29.2 Å². The number of benzene rings is 2. The van der Waals surface area contributed by atoms with E-state index in [1.807, 2.05) is 64.1 Å². The quantitative estimate of drug-likeness (QED) is 0.507. The highest BCUT2D eigenvalue weighted by Gasteiger charge is 2.19. The number of aryl methyl sites for hydroxylation is 4. The first kappa shape index (κ1) is 21.5. The van der Waals surface area contributed by atoms with Gasteiger partial charge in [0.1, 0.15) is 12.1 Å². The van der Waals surface area contributed by atoms with Crippen LogP contribution in [0.5, 0.6) is 0 Å². The van der Waals surface area contributed by atoms with Gasteiger partial charge in [-0.15, -0.1) is 0 Å². The zero-order valence-electron chi connectivity index (χ0n) is 18.6. The van der Waals surface area contributed by atoms with Gasteiger partial charge < -0.3 is 15.0 Å². The fraction of sp³-hybridized carbons (Fsp3) is 0.240. The van der Waals surface area contributed by atoms with Gasteiger partial charge in [0.25, 0.3) is 5.56 Å². The second kappa shape index (κ2) is 8.43. The molecular formula is C25H26N4O3. The van der Waals surface area contributed by atoms with Crippen molar-refractivity contribution in [1.82, 2.24) is 14.2 Å². The third-order valence-electron chi connectivity index (χ3n) is 5.60. The van der Waals surface area contributed by atoms with Crippen LogP contribution in [0, 0.1) is 27.7 Å². The summed E-state index contributed by atoms with van der Waals surface area (Å²) >= 11 is 0. The number of carbonyl (C=O) groups is 1. The molecule has 32 heavy (non-hydrogen) atoms. The van der Waals surface area contributed by atoms with Crippen molar-refractivity contribution < 1.29 is 9.90 Å². The molecule has 0 aliphatic rings. The fourth-order valence-corrected chi connectivity index (χ4v) is 4.08. The maximum atomic E-state index is 13.2. The maximum absolute atomic E-state index is 13.2. The summed E-state index contributed by atoms with van der Waals surface area (Å²) in [6.45, 7) is 7.41. The van der Waals surface area contributed by atoms with Crippen LogP contribution in [0.15, 0.2) is 53.6 Å². The first-order chi connectivity index (χ1) is 15.3. The smallest absolute Gasteiger partial charge is 0.277 e. The standard InChI is InChI=1S/C25H26N4O3/c1-15-5-7-19(8-6-15)23-20(14-30)24-25(32)28(9-10-29(24)27-23)13-21(31)26-22-17(3)11-16(2)12-18(22)4/h5-12,30H,13-14H2,1-4H3,(H,26,31). The lowest BCUT2D eigenvalue weighted by atomic mass is 10.1. The molecule has 0 fully saturated rings. The number of anilines is 1. The summed E-state index contributed by atoms with van der Waals surface area (Å²) in [5, 5.41) is 17.4. The normalized spacial score (nSPS) is 11.2. The average molecular weight is 431 g/mol. The molecule has 1 amide bonds. The Morgan fingerprint density at radius 2 is 1.66 bits per heavy atom. The van der Waals surface area contributed by atoms with Gasteiger partial charge in [0.15, 0.2) is 0 Å². The van der Waals surface area contributed by atoms with Crippen LogP contribution in [-0.2, 0) is 17.9 Å². The van der Waals surface area contributed by atoms with Crippen LogP contribution in [-0.4, -0.2) is 25.2 Å². The predicted octanol–water partition coefficient (Wildman–Crippen LogP) is 3.53. The predicted molar refractivity (Wildman–Crippen MR) is 125 cm³/mol. The molecule has 0 radical (unpaired) electrons. The zero-order chi connectivity index (χ0) is 23.0. The second-order valence-electron chi connectivity index (χ2n) is 8.20. The second-order valence-corrected chi connectivity index (χ2v) is 8.20. The molecule has 0 aliphatic carbocycles. The minimum atomic E-state index is -0.380. The largest absolute Gasteiger partial charge is 0.392 e. The van der Waals surface area contributed by atoms with Crippen LogP contribution >= 0.6 is 0 Å². The van der Waals surface area contributed by atoms with Gasteiger partial charge in [-0.3, -0.25) is 9.59 Å². The van der Waals surface area contributed by atoms with Gasteiger partial charge in [0.2, 0.25) is 5.91 Å². The highest BCUT2D eigenvalue weighted by molar-refractivity contribution is 5.92. The van der Waals surface area contributed by atoms with E-state index >= 15 is 0 Å². The van der Waals surface area contributed by atoms with E-state index in [-0.39, 0.29) is 30.1 Å². The van der Waals surface area contributed by atoms with E-state index in [0.29, 0.717) is 11.3 Å². The minimum Gasteiger partial charge on any atom is -0.392 e. The van der Waals surface area contributed by atoms with Gasteiger partial charge >= 0.3 is 0 Å². The van der Waals surface area contributed by atoms with Crippen LogP contribution in [0.1, 0.15) is 27.8 Å². The molecule has 7 heteroatoms. The number of amides is 1. The summed E-state index contributed by atoms with van der Waals surface area (Å²) in [5.74, 6) is -0.296. The molecule has 0 unspecified atom stereocenters. The fourth-order valence-electron chi connectivity index (χ4n) is 4.08. The Morgan fingerprint density at radius 1 is 1.00 bits per heavy atom. The number of hydrogen-bond acceptors (Lipinski definition) is 4. The van der Waals surface area contributed by atoms with Crippen LogP contribution in [0.3, 0.4) is 0 Å². The number of nitrogens with zero attached hydrogens (tertiary/aromatic N) is 3. The van der Waals surface area contributed by atoms with E-state index < -0.39 is 0 Å². The number of nitrogens with one attached hydrogen (secondary N) is 1. The SMILES string of the molecule is Cc1ccc(-c2nn3ccn(CC(=O)Nc4c(C)cc(C)cc4C)c(=O)c3c2CO)cc1. The number of hydrogen-bond donors (Lipinski definition) is 2. The maximum Gasteiger partial charge on any atom is 0.277 e. The van der Waals surface area contributed by atoms with Crippen molar-refractivity contribution in [3.05, 3.63) is 87.0 Å². The molecule has 0 aliphatic heterocycles. The number of aliphatic hydroxyl groups is 1. The molecule has 2 aromatic heterocycles. The topological polar surface area (TPSA) is 88.6 Å². The molecule has 0 bridgehead atoms. The first-order valence-electron chi connectivity index (χ1n) is 10.4. The number of carbonyl (C=O) groups excluding carboxylic acids is 1. The van der Waals surface area contributed by atoms with Gasteiger partial charge in [-0.25, -0.2) is 4.52 Å². The third kappa shape index (κ3) is 3.94. The van der Waals surface area contributed by atoms with E-state index in [0.717, 1.165) is 33.5 Å². The van der Waals surface area contributed by atoms with Gasteiger partial charge in [-0.2, -0.15) is 5.10 Å². The van der Waals surface area contributed by atoms with Crippen molar-refractivity contribution in [2.24, 2.45) is 0 Å². The van der Waals surface area contributed by atoms with Crippen molar-refractivity contribution in [2.45, 2.75) is 40.8 Å². The Bertz CT molecular complexity index is 1360. The number of fused-ring (bicyclic) bond motifs is 1. The summed E-state index contributed by atoms with van der Waals surface area (Å²) in [5.41, 5.74) is 6.64. The van der Waals surface area contributed by atoms with Gasteiger partial charge in [-0.05, 0) is 38.8 Å². The molecule has 4 rings (SSSR count). The Hall–Kier alpha value is -3.71. The molecule has 2 N–H and O–H groups in total. The van der Waals surface area contributed by atoms with Crippen molar-refractivity contribution in [3.63, 3.8) is 0 Å². The van der Waals surface area contributed by atoms with Crippen LogP contribution in [0.25, 0.3) is 16.8 Å². The molecule has 0 saturated carbocycles. The van der Waals surface area contributed by atoms with Crippen LogP contribution in [0.2, 0.25) is 0 Å². The molecule has 4 aromatic rings. The van der Waals surface area contributed by atoms with Gasteiger partial charge in [-0.1, -0.05) is 47.5 Å². The van der Waals surface area contributed by atoms with Crippen molar-refractivity contribution in [2.75, 3.05) is 5.32 Å². The number of aromatic nitrogens is 3. The van der Waals surface area contributed by atoms with Crippen molar-refractivity contribution >= 4 is 17.1 Å². The lowest BCUT2D eigenvalue weighted by Crippen LogP contribution is -2.29. The van der Waals surface area contributed by atoms with Crippen LogP contribution < -0.4 is 10.9 Å². The van der Waals surface area contributed by atoms with Gasteiger partial charge in [0.05, 0.1) is 12.3 Å². The molecule has 0 atom stereocenters. The summed E-state index contributed by atoms with van der Waals surface area (Å²) in [7, 11) is 0. The van der Waals surface area contributed by atoms with Crippen LogP contribution in [0.4, 0.5) is 5.69 Å². The molecule has 7 nitrogen and oxygen atoms in total. The Balaban J connectivity index is 1.69. The Labute approximate surface area is 186 Å². The number of rotatable bonds is 5. The molecule has 2 heterocycles. The first-order valence-corrected chi connectivity index (χ1v) is 10.4. The van der Waals surface area contributed by atoms with E-state index in [2.05, 4.69) is 10.4 Å². The van der Waals surface area contributed by atoms with E-state index in [4.69, 9.17) is 0 Å². The summed E-state index contributed by atoms with van der Waals surface area (Å²) in [6, 6.07) is 11.7. The molecule has 2 aromatic carbocycles. The summed E-state index contributed by atoms with van der Waals surface area (Å²) in [6.07, 6.45) is 3.17. The average Bonchev–Trinajstić information content (AvgIpc) is 3.12. The van der Waals surface area contributed by atoms with E-state index in [9.17, 15) is 14.7 Å². The molecule has 0 spiro atoms. The van der Waals surface area contributed by atoms with Crippen molar-refractivity contribution in [3.8, 4) is 11.3 Å². The highest BCUT2D eigenvalue weighted by atomic mass is 16.3. The molecule has 164 valence electrons. The molecule has 0 saturated heterocycles. The molecular weight excluding hydrogens is 404 g/mol. The minimum absolute atomic E-state index is 0.141. The summed E-state index contributed by atoms with van der Waals surface area (Å²) < 4.78 is 2.80. The van der Waals surface area contributed by atoms with Crippen molar-refractivity contribution in [1.29, 1.82) is 0 Å². The Morgan fingerprint density at radius 3 is 2.28 bits per heavy atom.